The Morgan fingerprint density at radius 1 is 1.10 bits per heavy atom. The zero-order valence-electron chi connectivity index (χ0n) is 12.0. The van der Waals surface area contributed by atoms with Gasteiger partial charge in [-0.3, -0.25) is 10.1 Å². The van der Waals surface area contributed by atoms with Gasteiger partial charge in [-0.2, -0.15) is 0 Å². The van der Waals surface area contributed by atoms with Crippen molar-refractivity contribution < 1.29 is 15.0 Å². The summed E-state index contributed by atoms with van der Waals surface area (Å²) < 4.78 is 5.34. The normalized spacial score (nSPS) is 19.6. The lowest BCUT2D eigenvalue weighted by atomic mass is 10.2. The summed E-state index contributed by atoms with van der Waals surface area (Å²) in [4.78, 5) is 15.3. The van der Waals surface area contributed by atoms with E-state index >= 15 is 0 Å². The number of anilines is 2. The van der Waals surface area contributed by atoms with Crippen molar-refractivity contribution in [2.45, 2.75) is 0 Å². The number of nitro benzene ring substituents is 1. The van der Waals surface area contributed by atoms with Crippen molar-refractivity contribution in [1.29, 1.82) is 0 Å². The molecule has 0 atom stereocenters. The van der Waals surface area contributed by atoms with Crippen LogP contribution in [0.1, 0.15) is 0 Å². The number of nitrogens with two attached hydrogens (primary N) is 1. The van der Waals surface area contributed by atoms with Crippen LogP contribution in [0.3, 0.4) is 0 Å². The molecule has 0 saturated carbocycles. The van der Waals surface area contributed by atoms with E-state index in [-0.39, 0.29) is 10.6 Å². The minimum absolute atomic E-state index is 0.184. The summed E-state index contributed by atoms with van der Waals surface area (Å²) in [5.74, 6) is 0. The highest BCUT2D eigenvalue weighted by molar-refractivity contribution is 5.70. The summed E-state index contributed by atoms with van der Waals surface area (Å²) in [6.07, 6.45) is 0. The van der Waals surface area contributed by atoms with Crippen LogP contribution in [-0.4, -0.2) is 57.4 Å². The lowest BCUT2D eigenvalue weighted by molar-refractivity contribution is -0.655. The zero-order chi connectivity index (χ0) is 14.7. The molecule has 0 unspecified atom stereocenters. The Balaban J connectivity index is 1.91. The van der Waals surface area contributed by atoms with E-state index in [4.69, 9.17) is 4.74 Å². The highest BCUT2D eigenvalue weighted by Crippen LogP contribution is 2.33. The molecule has 7 nitrogen and oxygen atoms in total. The first-order valence-electron chi connectivity index (χ1n) is 7.43. The maximum absolute atomic E-state index is 11.3. The fraction of sp³-hybridized carbons (Fsp3) is 0.571. The molecule has 3 rings (SSSR count). The van der Waals surface area contributed by atoms with Crippen LogP contribution in [-0.2, 0) is 4.74 Å². The van der Waals surface area contributed by atoms with Crippen LogP contribution < -0.4 is 15.1 Å². The SMILES string of the molecule is O=[N+]([O-])c1ccc(N2CC[NH2+]CC2)cc1N1CCOCC1. The van der Waals surface area contributed by atoms with Crippen LogP contribution in [0.15, 0.2) is 18.2 Å². The van der Waals surface area contributed by atoms with E-state index in [0.29, 0.717) is 26.3 Å². The fourth-order valence-corrected chi connectivity index (χ4v) is 2.93. The standard InChI is InChI=1S/C14H20N4O3/c19-18(20)13-2-1-12(16-5-3-15-4-6-16)11-14(13)17-7-9-21-10-8-17/h1-2,11,15H,3-10H2/p+1. The van der Waals surface area contributed by atoms with Crippen molar-refractivity contribution >= 4 is 17.1 Å². The second-order valence-electron chi connectivity index (χ2n) is 5.38. The van der Waals surface area contributed by atoms with Gasteiger partial charge in [0.05, 0.1) is 44.3 Å². The molecular formula is C14H21N4O3+. The van der Waals surface area contributed by atoms with Gasteiger partial charge in [-0.1, -0.05) is 0 Å². The lowest BCUT2D eigenvalue weighted by Crippen LogP contribution is -2.89. The van der Waals surface area contributed by atoms with Gasteiger partial charge in [0, 0.05) is 24.8 Å². The number of quaternary nitrogens is 1. The van der Waals surface area contributed by atoms with E-state index in [2.05, 4.69) is 15.1 Å². The second-order valence-corrected chi connectivity index (χ2v) is 5.38. The number of morpholine rings is 1. The number of rotatable bonds is 3. The Labute approximate surface area is 123 Å². The number of ether oxygens (including phenoxy) is 1. The van der Waals surface area contributed by atoms with E-state index in [1.807, 2.05) is 12.1 Å². The van der Waals surface area contributed by atoms with Gasteiger partial charge in [-0.25, -0.2) is 0 Å². The maximum atomic E-state index is 11.3. The average molecular weight is 293 g/mol. The smallest absolute Gasteiger partial charge is 0.292 e. The summed E-state index contributed by atoms with van der Waals surface area (Å²) in [7, 11) is 0. The van der Waals surface area contributed by atoms with Gasteiger partial charge in [-0.15, -0.1) is 0 Å². The fourth-order valence-electron chi connectivity index (χ4n) is 2.93. The second kappa shape index (κ2) is 6.28. The molecule has 1 aromatic carbocycles. The van der Waals surface area contributed by atoms with Crippen LogP contribution >= 0.6 is 0 Å². The Bertz CT molecular complexity index is 511. The molecule has 1 aromatic rings. The molecule has 7 heteroatoms. The van der Waals surface area contributed by atoms with Gasteiger partial charge in [0.15, 0.2) is 0 Å². The van der Waals surface area contributed by atoms with Crippen molar-refractivity contribution in [1.82, 2.24) is 0 Å². The van der Waals surface area contributed by atoms with Gasteiger partial charge in [-0.05, 0) is 12.1 Å². The minimum Gasteiger partial charge on any atom is -0.378 e. The van der Waals surface area contributed by atoms with Crippen molar-refractivity contribution in [3.05, 3.63) is 28.3 Å². The molecule has 0 aromatic heterocycles. The zero-order valence-corrected chi connectivity index (χ0v) is 12.0. The van der Waals surface area contributed by atoms with Crippen molar-refractivity contribution in [3.8, 4) is 0 Å². The topological polar surface area (TPSA) is 75.5 Å². The van der Waals surface area contributed by atoms with Crippen molar-refractivity contribution in [2.24, 2.45) is 0 Å². The van der Waals surface area contributed by atoms with Gasteiger partial charge < -0.3 is 19.9 Å². The summed E-state index contributed by atoms with van der Waals surface area (Å²) in [5, 5.41) is 13.6. The summed E-state index contributed by atoms with van der Waals surface area (Å²) in [6, 6.07) is 5.47. The molecule has 2 N–H and O–H groups in total. The molecule has 114 valence electrons. The largest absolute Gasteiger partial charge is 0.378 e. The number of hydrogen-bond donors (Lipinski definition) is 1. The highest BCUT2D eigenvalue weighted by atomic mass is 16.6. The predicted molar refractivity (Wildman–Crippen MR) is 80.0 cm³/mol. The molecule has 0 aliphatic carbocycles. The molecule has 2 aliphatic rings. The van der Waals surface area contributed by atoms with Gasteiger partial charge in [0.2, 0.25) is 0 Å². The van der Waals surface area contributed by atoms with Crippen LogP contribution in [0.25, 0.3) is 0 Å². The van der Waals surface area contributed by atoms with Gasteiger partial charge in [0.25, 0.3) is 5.69 Å². The Kier molecular flexibility index (Phi) is 4.21. The number of hydrogen-bond acceptors (Lipinski definition) is 5. The first-order chi connectivity index (χ1) is 10.3. The first-order valence-corrected chi connectivity index (χ1v) is 7.43. The first kappa shape index (κ1) is 14.1. The number of piperazine rings is 1. The van der Waals surface area contributed by atoms with Gasteiger partial charge >= 0.3 is 0 Å². The van der Waals surface area contributed by atoms with Crippen molar-refractivity contribution in [2.75, 3.05) is 62.3 Å². The summed E-state index contributed by atoms with van der Waals surface area (Å²) in [5.41, 5.74) is 1.98. The van der Waals surface area contributed by atoms with Crippen LogP contribution in [0, 0.1) is 10.1 Å². The van der Waals surface area contributed by atoms with Crippen LogP contribution in [0.4, 0.5) is 17.1 Å². The molecule has 0 radical (unpaired) electrons. The minimum atomic E-state index is -0.293. The van der Waals surface area contributed by atoms with E-state index in [1.165, 1.54) is 0 Å². The third-order valence-electron chi connectivity index (χ3n) is 4.08. The predicted octanol–water partition coefficient (Wildman–Crippen LogP) is -0.185. The summed E-state index contributed by atoms with van der Waals surface area (Å²) >= 11 is 0. The Morgan fingerprint density at radius 2 is 1.81 bits per heavy atom. The number of nitro groups is 1. The molecule has 21 heavy (non-hydrogen) atoms. The average Bonchev–Trinajstić information content (AvgIpc) is 2.56. The van der Waals surface area contributed by atoms with Crippen molar-refractivity contribution in [3.63, 3.8) is 0 Å². The molecule has 0 bridgehead atoms. The lowest BCUT2D eigenvalue weighted by Gasteiger charge is -2.31. The number of benzene rings is 1. The number of nitrogens with zero attached hydrogens (tertiary/aromatic N) is 3. The molecule has 2 saturated heterocycles. The summed E-state index contributed by atoms with van der Waals surface area (Å²) in [6.45, 7) is 6.78. The van der Waals surface area contributed by atoms with E-state index in [9.17, 15) is 10.1 Å². The highest BCUT2D eigenvalue weighted by Gasteiger charge is 2.23. The molecule has 2 fully saturated rings. The van der Waals surface area contributed by atoms with Gasteiger partial charge in [0.1, 0.15) is 5.69 Å². The van der Waals surface area contributed by atoms with Crippen LogP contribution in [0.5, 0.6) is 0 Å². The van der Waals surface area contributed by atoms with E-state index in [0.717, 1.165) is 37.6 Å². The third-order valence-corrected chi connectivity index (χ3v) is 4.08. The molecule has 2 aliphatic heterocycles. The Hall–Kier alpha value is -1.86. The molecule has 2 heterocycles. The van der Waals surface area contributed by atoms with E-state index < -0.39 is 0 Å². The molecular weight excluding hydrogens is 272 g/mol. The molecule has 0 spiro atoms. The third kappa shape index (κ3) is 3.08. The van der Waals surface area contributed by atoms with Crippen LogP contribution in [0.2, 0.25) is 0 Å². The quantitative estimate of drug-likeness (QED) is 0.618. The Morgan fingerprint density at radius 3 is 2.48 bits per heavy atom. The van der Waals surface area contributed by atoms with E-state index in [1.54, 1.807) is 6.07 Å². The monoisotopic (exact) mass is 293 g/mol. The molecule has 0 amide bonds. The maximum Gasteiger partial charge on any atom is 0.292 e.